The fourth-order valence-corrected chi connectivity index (χ4v) is 3.34. The van der Waals surface area contributed by atoms with Crippen LogP contribution in [0.15, 0.2) is 103 Å². The summed E-state index contributed by atoms with van der Waals surface area (Å²) < 4.78 is 1.84. The molecule has 1 heterocycles. The number of nitrogens with one attached hydrogen (secondary N) is 1. The number of para-hydroxylation sites is 1. The van der Waals surface area contributed by atoms with Crippen LogP contribution in [0.25, 0.3) is 0 Å². The maximum Gasteiger partial charge on any atom is 0.236 e. The molecule has 4 nitrogen and oxygen atoms in total. The highest BCUT2D eigenvalue weighted by molar-refractivity contribution is 5.98. The van der Waals surface area contributed by atoms with Crippen molar-refractivity contribution in [1.29, 1.82) is 0 Å². The monoisotopic (exact) mass is 367 g/mol. The van der Waals surface area contributed by atoms with Gasteiger partial charge in [0.2, 0.25) is 5.91 Å². The zero-order chi connectivity index (χ0) is 19.2. The second kappa shape index (κ2) is 8.35. The Bertz CT molecular complexity index is 988. The van der Waals surface area contributed by atoms with Crippen LogP contribution in [-0.2, 0) is 11.3 Å². The fraction of sp³-hybridized carbons (Fsp3) is 0.0833. The highest BCUT2D eigenvalue weighted by atomic mass is 16.1. The molecule has 4 heteroatoms. The molecule has 28 heavy (non-hydrogen) atoms. The average Bonchev–Trinajstić information content (AvgIpc) is 3.24. The second-order valence-corrected chi connectivity index (χ2v) is 6.60. The van der Waals surface area contributed by atoms with E-state index in [-0.39, 0.29) is 11.8 Å². The van der Waals surface area contributed by atoms with Crippen molar-refractivity contribution in [2.75, 3.05) is 5.32 Å². The first-order valence-corrected chi connectivity index (χ1v) is 9.27. The standard InChI is InChI=1S/C24H21N3O/c28-24(23(19-10-3-1-4-11-19)20-12-5-2-6-13-20)26-22-15-8-7-14-21(22)18-27-17-9-16-25-27/h1-17,23H,18H2,(H,26,28). The Kier molecular flexibility index (Phi) is 5.29. The lowest BCUT2D eigenvalue weighted by molar-refractivity contribution is -0.116. The van der Waals surface area contributed by atoms with Crippen LogP contribution in [0.5, 0.6) is 0 Å². The molecular weight excluding hydrogens is 346 g/mol. The topological polar surface area (TPSA) is 46.9 Å². The summed E-state index contributed by atoms with van der Waals surface area (Å²) in [5.41, 5.74) is 3.76. The molecule has 0 aliphatic carbocycles. The third kappa shape index (κ3) is 4.01. The summed E-state index contributed by atoms with van der Waals surface area (Å²) in [6, 6.07) is 29.5. The van der Waals surface area contributed by atoms with Crippen molar-refractivity contribution in [3.05, 3.63) is 120 Å². The summed E-state index contributed by atoms with van der Waals surface area (Å²) in [6.45, 7) is 0.602. The van der Waals surface area contributed by atoms with Gasteiger partial charge in [-0.1, -0.05) is 78.9 Å². The number of nitrogens with zero attached hydrogens (tertiary/aromatic N) is 2. The van der Waals surface area contributed by atoms with Crippen LogP contribution >= 0.6 is 0 Å². The Morgan fingerprint density at radius 2 is 1.43 bits per heavy atom. The van der Waals surface area contributed by atoms with E-state index in [1.165, 1.54) is 0 Å². The molecule has 1 amide bonds. The molecule has 0 aliphatic rings. The van der Waals surface area contributed by atoms with Gasteiger partial charge in [0.05, 0.1) is 12.5 Å². The van der Waals surface area contributed by atoms with Crippen LogP contribution in [0.2, 0.25) is 0 Å². The van der Waals surface area contributed by atoms with E-state index in [1.54, 1.807) is 6.20 Å². The molecule has 0 saturated heterocycles. The number of hydrogen-bond acceptors (Lipinski definition) is 2. The van der Waals surface area contributed by atoms with Crippen LogP contribution < -0.4 is 5.32 Å². The van der Waals surface area contributed by atoms with Crippen molar-refractivity contribution in [1.82, 2.24) is 9.78 Å². The molecule has 0 radical (unpaired) electrons. The molecule has 0 unspecified atom stereocenters. The molecule has 138 valence electrons. The Labute approximate surface area is 164 Å². The number of carbonyl (C=O) groups is 1. The number of benzene rings is 3. The van der Waals surface area contributed by atoms with E-state index in [9.17, 15) is 4.79 Å². The molecule has 0 atom stereocenters. The van der Waals surface area contributed by atoms with Gasteiger partial charge >= 0.3 is 0 Å². The molecule has 0 spiro atoms. The number of anilines is 1. The Balaban J connectivity index is 1.64. The summed E-state index contributed by atoms with van der Waals surface area (Å²) in [6.07, 6.45) is 3.66. The van der Waals surface area contributed by atoms with Gasteiger partial charge in [0.1, 0.15) is 0 Å². The van der Waals surface area contributed by atoms with E-state index in [1.807, 2.05) is 102 Å². The molecular formula is C24H21N3O. The zero-order valence-corrected chi connectivity index (χ0v) is 15.4. The van der Waals surface area contributed by atoms with Gasteiger partial charge in [-0.15, -0.1) is 0 Å². The van der Waals surface area contributed by atoms with Crippen molar-refractivity contribution >= 4 is 11.6 Å². The molecule has 0 saturated carbocycles. The Hall–Kier alpha value is -3.66. The van der Waals surface area contributed by atoms with Crippen LogP contribution in [0.3, 0.4) is 0 Å². The van der Waals surface area contributed by atoms with Gasteiger partial charge in [0.15, 0.2) is 0 Å². The van der Waals surface area contributed by atoms with Crippen molar-refractivity contribution in [3.63, 3.8) is 0 Å². The van der Waals surface area contributed by atoms with E-state index in [0.717, 1.165) is 22.4 Å². The number of carbonyl (C=O) groups excluding carboxylic acids is 1. The number of amides is 1. The first-order valence-electron chi connectivity index (χ1n) is 9.27. The van der Waals surface area contributed by atoms with Crippen molar-refractivity contribution in [2.45, 2.75) is 12.5 Å². The summed E-state index contributed by atoms with van der Waals surface area (Å²) >= 11 is 0. The van der Waals surface area contributed by atoms with Crippen molar-refractivity contribution in [2.24, 2.45) is 0 Å². The van der Waals surface area contributed by atoms with Crippen LogP contribution in [0, 0.1) is 0 Å². The van der Waals surface area contributed by atoms with Crippen molar-refractivity contribution in [3.8, 4) is 0 Å². The van der Waals surface area contributed by atoms with Gasteiger partial charge in [-0.25, -0.2) is 0 Å². The molecule has 0 bridgehead atoms. The lowest BCUT2D eigenvalue weighted by Crippen LogP contribution is -2.23. The normalized spacial score (nSPS) is 10.8. The predicted molar refractivity (Wildman–Crippen MR) is 111 cm³/mol. The third-order valence-corrected chi connectivity index (χ3v) is 4.69. The zero-order valence-electron chi connectivity index (χ0n) is 15.4. The molecule has 1 aromatic heterocycles. The van der Waals surface area contributed by atoms with E-state index in [4.69, 9.17) is 0 Å². The maximum absolute atomic E-state index is 13.3. The summed E-state index contributed by atoms with van der Waals surface area (Å²) in [4.78, 5) is 13.3. The van der Waals surface area contributed by atoms with E-state index in [2.05, 4.69) is 10.4 Å². The minimum absolute atomic E-state index is 0.0506. The van der Waals surface area contributed by atoms with E-state index in [0.29, 0.717) is 6.54 Å². The molecule has 0 aliphatic heterocycles. The van der Waals surface area contributed by atoms with Gasteiger partial charge in [-0.2, -0.15) is 5.10 Å². The molecule has 0 fully saturated rings. The highest BCUT2D eigenvalue weighted by Gasteiger charge is 2.23. The summed E-state index contributed by atoms with van der Waals surface area (Å²) in [7, 11) is 0. The second-order valence-electron chi connectivity index (χ2n) is 6.60. The number of rotatable bonds is 6. The number of hydrogen-bond donors (Lipinski definition) is 1. The SMILES string of the molecule is O=C(Nc1ccccc1Cn1cccn1)C(c1ccccc1)c1ccccc1. The minimum Gasteiger partial charge on any atom is -0.325 e. The van der Waals surface area contributed by atoms with Gasteiger partial charge in [-0.05, 0) is 28.8 Å². The summed E-state index contributed by atoms with van der Waals surface area (Å²) in [5, 5.41) is 7.41. The van der Waals surface area contributed by atoms with Gasteiger partial charge in [0, 0.05) is 18.1 Å². The largest absolute Gasteiger partial charge is 0.325 e. The maximum atomic E-state index is 13.3. The van der Waals surface area contributed by atoms with Crippen molar-refractivity contribution < 1.29 is 4.79 Å². The van der Waals surface area contributed by atoms with Crippen LogP contribution in [0.4, 0.5) is 5.69 Å². The average molecular weight is 367 g/mol. The Morgan fingerprint density at radius 3 is 2.04 bits per heavy atom. The molecule has 4 aromatic rings. The van der Waals surface area contributed by atoms with Gasteiger partial charge in [-0.3, -0.25) is 9.48 Å². The molecule has 4 rings (SSSR count). The predicted octanol–water partition coefficient (Wildman–Crippen LogP) is 4.70. The molecule has 3 aromatic carbocycles. The summed E-state index contributed by atoms with van der Waals surface area (Å²) in [5.74, 6) is -0.425. The molecule has 1 N–H and O–H groups in total. The van der Waals surface area contributed by atoms with E-state index >= 15 is 0 Å². The number of aromatic nitrogens is 2. The quantitative estimate of drug-likeness (QED) is 0.537. The lowest BCUT2D eigenvalue weighted by atomic mass is 9.90. The third-order valence-electron chi connectivity index (χ3n) is 4.69. The fourth-order valence-electron chi connectivity index (χ4n) is 3.34. The van der Waals surface area contributed by atoms with Gasteiger partial charge < -0.3 is 5.32 Å². The first-order chi connectivity index (χ1) is 13.8. The van der Waals surface area contributed by atoms with Crippen LogP contribution in [0.1, 0.15) is 22.6 Å². The van der Waals surface area contributed by atoms with Gasteiger partial charge in [0.25, 0.3) is 0 Å². The first kappa shape index (κ1) is 17.7. The van der Waals surface area contributed by atoms with Crippen LogP contribution in [-0.4, -0.2) is 15.7 Å². The lowest BCUT2D eigenvalue weighted by Gasteiger charge is -2.19. The highest BCUT2D eigenvalue weighted by Crippen LogP contribution is 2.27. The minimum atomic E-state index is -0.375. The Morgan fingerprint density at radius 1 is 0.821 bits per heavy atom. The van der Waals surface area contributed by atoms with E-state index < -0.39 is 0 Å². The smallest absolute Gasteiger partial charge is 0.236 e.